The van der Waals surface area contributed by atoms with E-state index in [1.54, 1.807) is 25.3 Å². The van der Waals surface area contributed by atoms with Crippen LogP contribution in [0.1, 0.15) is 18.9 Å². The van der Waals surface area contributed by atoms with Crippen molar-refractivity contribution in [3.8, 4) is 5.75 Å². The van der Waals surface area contributed by atoms with E-state index in [1.807, 2.05) is 0 Å². The minimum atomic E-state index is -3.43. The molecule has 0 saturated carbocycles. The summed E-state index contributed by atoms with van der Waals surface area (Å²) in [6, 6.07) is 5.02. The number of sulfonamides is 1. The smallest absolute Gasteiger partial charge is 0.240 e. The molecule has 0 aliphatic rings. The molecular formula is C13H22N2O3S. The Morgan fingerprint density at radius 2 is 2.00 bits per heavy atom. The summed E-state index contributed by atoms with van der Waals surface area (Å²) in [5.74, 6) is 0.667. The number of hydrogen-bond acceptors (Lipinski definition) is 4. The molecule has 0 bridgehead atoms. The van der Waals surface area contributed by atoms with Crippen molar-refractivity contribution in [3.63, 3.8) is 0 Å². The molecule has 108 valence electrons. The van der Waals surface area contributed by atoms with Gasteiger partial charge in [0.1, 0.15) is 5.75 Å². The molecule has 0 radical (unpaired) electrons. The van der Waals surface area contributed by atoms with Crippen molar-refractivity contribution in [1.29, 1.82) is 0 Å². The molecule has 1 aromatic rings. The summed E-state index contributed by atoms with van der Waals surface area (Å²) in [5.41, 5.74) is 0.761. The van der Waals surface area contributed by atoms with Gasteiger partial charge in [0.2, 0.25) is 10.0 Å². The molecule has 0 fully saturated rings. The van der Waals surface area contributed by atoms with Crippen molar-refractivity contribution in [1.82, 2.24) is 10.0 Å². The van der Waals surface area contributed by atoms with Crippen LogP contribution in [-0.4, -0.2) is 35.7 Å². The summed E-state index contributed by atoms with van der Waals surface area (Å²) in [4.78, 5) is 0.314. The number of rotatable bonds is 8. The number of ether oxygens (including phenoxy) is 1. The van der Waals surface area contributed by atoms with E-state index in [0.717, 1.165) is 25.1 Å². The monoisotopic (exact) mass is 286 g/mol. The van der Waals surface area contributed by atoms with Gasteiger partial charge in [-0.1, -0.05) is 6.92 Å². The van der Waals surface area contributed by atoms with Gasteiger partial charge in [0, 0.05) is 0 Å². The predicted molar refractivity (Wildman–Crippen MR) is 76.1 cm³/mol. The Balaban J connectivity index is 2.96. The lowest BCUT2D eigenvalue weighted by Gasteiger charge is -2.12. The summed E-state index contributed by atoms with van der Waals surface area (Å²) in [5, 5.41) is 3.26. The molecule has 0 amide bonds. The standard InChI is InChI=1S/C13H22N2O3S/c1-4-8-15-9-7-11-10-12(18-3)5-6-13(11)19(16,17)14-2/h5-6,10,14-15H,4,7-9H2,1-3H3. The average Bonchev–Trinajstić information content (AvgIpc) is 2.43. The van der Waals surface area contributed by atoms with Crippen molar-refractivity contribution in [2.24, 2.45) is 0 Å². The summed E-state index contributed by atoms with van der Waals surface area (Å²) in [7, 11) is -0.444. The Morgan fingerprint density at radius 1 is 1.26 bits per heavy atom. The quantitative estimate of drug-likeness (QED) is 0.703. The van der Waals surface area contributed by atoms with Crippen LogP contribution in [0.2, 0.25) is 0 Å². The number of methoxy groups -OCH3 is 1. The number of nitrogens with one attached hydrogen (secondary N) is 2. The second-order valence-corrected chi connectivity index (χ2v) is 6.04. The van der Waals surface area contributed by atoms with Gasteiger partial charge in [-0.15, -0.1) is 0 Å². The highest BCUT2D eigenvalue weighted by Crippen LogP contribution is 2.21. The van der Waals surface area contributed by atoms with Crippen LogP contribution in [0.25, 0.3) is 0 Å². The third-order valence-corrected chi connectivity index (χ3v) is 4.34. The van der Waals surface area contributed by atoms with Gasteiger partial charge in [-0.2, -0.15) is 0 Å². The van der Waals surface area contributed by atoms with E-state index in [4.69, 9.17) is 4.74 Å². The van der Waals surface area contributed by atoms with Gasteiger partial charge in [-0.3, -0.25) is 0 Å². The highest BCUT2D eigenvalue weighted by Gasteiger charge is 2.16. The Bertz CT molecular complexity index is 501. The van der Waals surface area contributed by atoms with Crippen molar-refractivity contribution < 1.29 is 13.2 Å². The third kappa shape index (κ3) is 4.49. The zero-order valence-electron chi connectivity index (χ0n) is 11.7. The Kier molecular flexibility index (Phi) is 6.27. The molecular weight excluding hydrogens is 264 g/mol. The topological polar surface area (TPSA) is 67.4 Å². The lowest BCUT2D eigenvalue weighted by atomic mass is 10.1. The zero-order valence-corrected chi connectivity index (χ0v) is 12.5. The molecule has 19 heavy (non-hydrogen) atoms. The fraction of sp³-hybridized carbons (Fsp3) is 0.538. The zero-order chi connectivity index (χ0) is 14.3. The molecule has 0 saturated heterocycles. The van der Waals surface area contributed by atoms with Crippen molar-refractivity contribution in [3.05, 3.63) is 23.8 Å². The minimum Gasteiger partial charge on any atom is -0.497 e. The molecule has 5 nitrogen and oxygen atoms in total. The first-order valence-corrected chi connectivity index (χ1v) is 7.84. The summed E-state index contributed by atoms with van der Waals surface area (Å²) < 4.78 is 31.4. The summed E-state index contributed by atoms with van der Waals surface area (Å²) in [6.07, 6.45) is 1.70. The van der Waals surface area contributed by atoms with Crippen LogP contribution in [0.5, 0.6) is 5.75 Å². The van der Waals surface area contributed by atoms with Gasteiger partial charge in [0.15, 0.2) is 0 Å². The molecule has 0 aliphatic heterocycles. The summed E-state index contributed by atoms with van der Waals surface area (Å²) in [6.45, 7) is 3.76. The van der Waals surface area contributed by atoms with Crippen molar-refractivity contribution in [2.45, 2.75) is 24.7 Å². The van der Waals surface area contributed by atoms with E-state index in [-0.39, 0.29) is 0 Å². The Hall–Kier alpha value is -1.11. The molecule has 2 N–H and O–H groups in total. The van der Waals surface area contributed by atoms with E-state index >= 15 is 0 Å². The highest BCUT2D eigenvalue weighted by atomic mass is 32.2. The van der Waals surface area contributed by atoms with E-state index < -0.39 is 10.0 Å². The van der Waals surface area contributed by atoms with E-state index in [9.17, 15) is 8.42 Å². The van der Waals surface area contributed by atoms with Crippen LogP contribution in [-0.2, 0) is 16.4 Å². The summed E-state index contributed by atoms with van der Waals surface area (Å²) >= 11 is 0. The Labute approximate surface area is 115 Å². The molecule has 0 aromatic heterocycles. The van der Waals surface area contributed by atoms with E-state index in [2.05, 4.69) is 17.0 Å². The second kappa shape index (κ2) is 7.47. The molecule has 0 atom stereocenters. The molecule has 1 rings (SSSR count). The van der Waals surface area contributed by atoms with E-state index in [1.165, 1.54) is 7.05 Å². The van der Waals surface area contributed by atoms with Crippen LogP contribution >= 0.6 is 0 Å². The van der Waals surface area contributed by atoms with Crippen molar-refractivity contribution >= 4 is 10.0 Å². The van der Waals surface area contributed by atoms with Gasteiger partial charge in [-0.25, -0.2) is 13.1 Å². The first-order valence-electron chi connectivity index (χ1n) is 6.36. The largest absolute Gasteiger partial charge is 0.497 e. The maximum Gasteiger partial charge on any atom is 0.240 e. The van der Waals surface area contributed by atoms with Gasteiger partial charge in [-0.05, 0) is 56.7 Å². The molecule has 0 unspecified atom stereocenters. The third-order valence-electron chi connectivity index (χ3n) is 2.82. The van der Waals surface area contributed by atoms with Crippen LogP contribution in [0.3, 0.4) is 0 Å². The fourth-order valence-corrected chi connectivity index (χ4v) is 2.75. The molecule has 6 heteroatoms. The minimum absolute atomic E-state index is 0.314. The SMILES string of the molecule is CCCNCCc1cc(OC)ccc1S(=O)(=O)NC. The normalized spacial score (nSPS) is 11.5. The van der Waals surface area contributed by atoms with Crippen LogP contribution in [0, 0.1) is 0 Å². The van der Waals surface area contributed by atoms with Crippen molar-refractivity contribution in [2.75, 3.05) is 27.2 Å². The first-order chi connectivity index (χ1) is 9.05. The molecule has 0 heterocycles. The lowest BCUT2D eigenvalue weighted by molar-refractivity contribution is 0.413. The number of benzene rings is 1. The van der Waals surface area contributed by atoms with Crippen LogP contribution in [0.4, 0.5) is 0 Å². The van der Waals surface area contributed by atoms with Crippen LogP contribution in [0.15, 0.2) is 23.1 Å². The van der Waals surface area contributed by atoms with Crippen LogP contribution < -0.4 is 14.8 Å². The van der Waals surface area contributed by atoms with Gasteiger partial charge < -0.3 is 10.1 Å². The van der Waals surface area contributed by atoms with Gasteiger partial charge >= 0.3 is 0 Å². The lowest BCUT2D eigenvalue weighted by Crippen LogP contribution is -2.22. The van der Waals surface area contributed by atoms with Gasteiger partial charge in [0.05, 0.1) is 12.0 Å². The predicted octanol–water partition coefficient (Wildman–Crippen LogP) is 1.15. The second-order valence-electron chi connectivity index (χ2n) is 4.18. The average molecular weight is 286 g/mol. The molecule has 1 aromatic carbocycles. The first kappa shape index (κ1) is 15.9. The fourth-order valence-electron chi connectivity index (χ4n) is 1.78. The molecule has 0 aliphatic carbocycles. The number of hydrogen-bond donors (Lipinski definition) is 2. The highest BCUT2D eigenvalue weighted by molar-refractivity contribution is 7.89. The van der Waals surface area contributed by atoms with Gasteiger partial charge in [0.25, 0.3) is 0 Å². The maximum atomic E-state index is 11.9. The van der Waals surface area contributed by atoms with E-state index in [0.29, 0.717) is 17.1 Å². The Morgan fingerprint density at radius 3 is 2.58 bits per heavy atom. The molecule has 0 spiro atoms. The maximum absolute atomic E-state index is 11.9.